The molecule has 0 aliphatic rings. The first-order chi connectivity index (χ1) is 10.2. The van der Waals surface area contributed by atoms with Crippen LogP contribution in [0.1, 0.15) is 58.1 Å². The quantitative estimate of drug-likeness (QED) is 0.605. The first-order valence-corrected chi connectivity index (χ1v) is 8.20. The number of carbonyl (C=O) groups excluding carboxylic acids is 1. The molecule has 0 N–H and O–H groups in total. The Morgan fingerprint density at radius 2 is 1.62 bits per heavy atom. The van der Waals surface area contributed by atoms with Crippen LogP contribution < -0.4 is 0 Å². The standard InChI is InChI=1S/C18H29NO2/c1-4-7-14-19(15-8-5-2)17(18(20)21-6-3)16-12-10-9-11-13-16/h9-13,17H,4-8,14-15H2,1-3H3. The van der Waals surface area contributed by atoms with Crippen LogP contribution in [0, 0.1) is 0 Å². The fourth-order valence-electron chi connectivity index (χ4n) is 2.44. The monoisotopic (exact) mass is 291 g/mol. The van der Waals surface area contributed by atoms with Crippen LogP contribution >= 0.6 is 0 Å². The molecule has 0 spiro atoms. The summed E-state index contributed by atoms with van der Waals surface area (Å²) in [6.45, 7) is 8.53. The third-order valence-corrected chi connectivity index (χ3v) is 3.59. The second kappa shape index (κ2) is 10.4. The molecule has 0 radical (unpaired) electrons. The number of nitrogens with zero attached hydrogens (tertiary/aromatic N) is 1. The molecular formula is C18H29NO2. The van der Waals surface area contributed by atoms with Crippen molar-refractivity contribution < 1.29 is 9.53 Å². The Morgan fingerprint density at radius 3 is 2.10 bits per heavy atom. The van der Waals surface area contributed by atoms with Gasteiger partial charge >= 0.3 is 5.97 Å². The van der Waals surface area contributed by atoms with E-state index in [2.05, 4.69) is 18.7 Å². The van der Waals surface area contributed by atoms with Gasteiger partial charge in [0.1, 0.15) is 6.04 Å². The minimum Gasteiger partial charge on any atom is -0.465 e. The summed E-state index contributed by atoms with van der Waals surface area (Å²) in [5, 5.41) is 0. The highest BCUT2D eigenvalue weighted by Gasteiger charge is 2.28. The van der Waals surface area contributed by atoms with Crippen LogP contribution in [-0.4, -0.2) is 30.6 Å². The zero-order valence-corrected chi connectivity index (χ0v) is 13.7. The minimum atomic E-state index is -0.274. The Bertz CT molecular complexity index is 383. The summed E-state index contributed by atoms with van der Waals surface area (Å²) in [4.78, 5) is 14.7. The number of rotatable bonds is 10. The van der Waals surface area contributed by atoms with E-state index < -0.39 is 0 Å². The summed E-state index contributed by atoms with van der Waals surface area (Å²) in [7, 11) is 0. The third-order valence-electron chi connectivity index (χ3n) is 3.59. The maximum absolute atomic E-state index is 12.4. The highest BCUT2D eigenvalue weighted by Crippen LogP contribution is 2.23. The normalized spacial score (nSPS) is 12.4. The van der Waals surface area contributed by atoms with Gasteiger partial charge in [-0.2, -0.15) is 0 Å². The van der Waals surface area contributed by atoms with Crippen molar-refractivity contribution in [2.24, 2.45) is 0 Å². The first kappa shape index (κ1) is 17.7. The van der Waals surface area contributed by atoms with Crippen LogP contribution in [0.5, 0.6) is 0 Å². The van der Waals surface area contributed by atoms with Crippen molar-refractivity contribution in [3.63, 3.8) is 0 Å². The van der Waals surface area contributed by atoms with E-state index >= 15 is 0 Å². The van der Waals surface area contributed by atoms with Crippen molar-refractivity contribution in [3.05, 3.63) is 35.9 Å². The maximum atomic E-state index is 12.4. The number of unbranched alkanes of at least 4 members (excludes halogenated alkanes) is 2. The summed E-state index contributed by atoms with van der Waals surface area (Å²) >= 11 is 0. The van der Waals surface area contributed by atoms with Gasteiger partial charge in [0.2, 0.25) is 0 Å². The first-order valence-electron chi connectivity index (χ1n) is 8.20. The van der Waals surface area contributed by atoms with Crippen LogP contribution in [0.3, 0.4) is 0 Å². The van der Waals surface area contributed by atoms with Gasteiger partial charge in [-0.15, -0.1) is 0 Å². The van der Waals surface area contributed by atoms with Crippen LogP contribution in [0.4, 0.5) is 0 Å². The molecule has 1 aromatic carbocycles. The largest absolute Gasteiger partial charge is 0.465 e. The van der Waals surface area contributed by atoms with Gasteiger partial charge in [0.25, 0.3) is 0 Å². The molecule has 1 rings (SSSR count). The zero-order valence-electron chi connectivity index (χ0n) is 13.7. The van der Waals surface area contributed by atoms with E-state index in [1.165, 1.54) is 0 Å². The van der Waals surface area contributed by atoms with Gasteiger partial charge < -0.3 is 4.74 Å². The Labute approximate surface area is 129 Å². The molecule has 0 bridgehead atoms. The minimum absolute atomic E-state index is 0.129. The van der Waals surface area contributed by atoms with E-state index in [0.717, 1.165) is 44.3 Å². The van der Waals surface area contributed by atoms with Crippen LogP contribution in [0.25, 0.3) is 0 Å². The molecule has 0 saturated carbocycles. The average Bonchev–Trinajstić information content (AvgIpc) is 2.51. The molecule has 0 aliphatic carbocycles. The highest BCUT2D eigenvalue weighted by molar-refractivity contribution is 5.77. The van der Waals surface area contributed by atoms with Crippen LogP contribution in [-0.2, 0) is 9.53 Å². The van der Waals surface area contributed by atoms with Gasteiger partial charge in [-0.25, -0.2) is 4.79 Å². The van der Waals surface area contributed by atoms with Crippen molar-refractivity contribution in [2.75, 3.05) is 19.7 Å². The van der Waals surface area contributed by atoms with Crippen LogP contribution in [0.2, 0.25) is 0 Å². The van der Waals surface area contributed by atoms with E-state index in [4.69, 9.17) is 4.74 Å². The van der Waals surface area contributed by atoms with Gasteiger partial charge in [0.05, 0.1) is 6.61 Å². The second-order valence-electron chi connectivity index (χ2n) is 5.31. The number of hydrogen-bond donors (Lipinski definition) is 0. The summed E-state index contributed by atoms with van der Waals surface area (Å²) in [6.07, 6.45) is 4.47. The van der Waals surface area contributed by atoms with E-state index in [1.807, 2.05) is 37.3 Å². The van der Waals surface area contributed by atoms with Gasteiger partial charge in [0, 0.05) is 0 Å². The van der Waals surface area contributed by atoms with Gasteiger partial charge in [-0.3, -0.25) is 4.90 Å². The summed E-state index contributed by atoms with van der Waals surface area (Å²) in [5.74, 6) is -0.129. The predicted octanol–water partition coefficient (Wildman–Crippen LogP) is 4.19. The molecule has 0 fully saturated rings. The summed E-state index contributed by atoms with van der Waals surface area (Å²) < 4.78 is 5.32. The molecule has 3 heteroatoms. The van der Waals surface area contributed by atoms with Crippen molar-refractivity contribution in [1.82, 2.24) is 4.90 Å². The topological polar surface area (TPSA) is 29.5 Å². The lowest BCUT2D eigenvalue weighted by molar-refractivity contribution is -0.150. The number of ether oxygens (including phenoxy) is 1. The van der Waals surface area contributed by atoms with Crippen molar-refractivity contribution in [2.45, 2.75) is 52.5 Å². The lowest BCUT2D eigenvalue weighted by Gasteiger charge is -2.30. The lowest BCUT2D eigenvalue weighted by atomic mass is 10.0. The summed E-state index contributed by atoms with van der Waals surface area (Å²) in [5.41, 5.74) is 1.03. The number of esters is 1. The fraction of sp³-hybridized carbons (Fsp3) is 0.611. The highest BCUT2D eigenvalue weighted by atomic mass is 16.5. The van der Waals surface area contributed by atoms with E-state index in [0.29, 0.717) is 6.61 Å². The molecule has 0 aromatic heterocycles. The Hall–Kier alpha value is -1.35. The van der Waals surface area contributed by atoms with Crippen LogP contribution in [0.15, 0.2) is 30.3 Å². The number of carbonyl (C=O) groups is 1. The SMILES string of the molecule is CCCCN(CCCC)C(C(=O)OCC)c1ccccc1. The summed E-state index contributed by atoms with van der Waals surface area (Å²) in [6, 6.07) is 9.72. The number of benzene rings is 1. The zero-order chi connectivity index (χ0) is 15.5. The molecule has 0 amide bonds. The van der Waals surface area contributed by atoms with Gasteiger partial charge in [-0.05, 0) is 38.4 Å². The predicted molar refractivity (Wildman–Crippen MR) is 87.2 cm³/mol. The fourth-order valence-corrected chi connectivity index (χ4v) is 2.44. The van der Waals surface area contributed by atoms with Crippen molar-refractivity contribution >= 4 is 5.97 Å². The molecule has 3 nitrogen and oxygen atoms in total. The third kappa shape index (κ3) is 5.88. The van der Waals surface area contributed by atoms with Crippen molar-refractivity contribution in [1.29, 1.82) is 0 Å². The van der Waals surface area contributed by atoms with E-state index in [1.54, 1.807) is 0 Å². The van der Waals surface area contributed by atoms with Gasteiger partial charge in [-0.1, -0.05) is 57.0 Å². The molecule has 0 saturated heterocycles. The average molecular weight is 291 g/mol. The van der Waals surface area contributed by atoms with E-state index in [9.17, 15) is 4.79 Å². The Morgan fingerprint density at radius 1 is 1.05 bits per heavy atom. The second-order valence-corrected chi connectivity index (χ2v) is 5.31. The Balaban J connectivity index is 2.96. The molecule has 0 aliphatic heterocycles. The molecule has 1 aromatic rings. The van der Waals surface area contributed by atoms with Crippen molar-refractivity contribution in [3.8, 4) is 0 Å². The maximum Gasteiger partial charge on any atom is 0.327 e. The molecule has 1 unspecified atom stereocenters. The van der Waals surface area contributed by atoms with E-state index in [-0.39, 0.29) is 12.0 Å². The lowest BCUT2D eigenvalue weighted by Crippen LogP contribution is -2.36. The molecule has 0 heterocycles. The smallest absolute Gasteiger partial charge is 0.327 e. The molecular weight excluding hydrogens is 262 g/mol. The molecule has 1 atom stereocenters. The molecule has 118 valence electrons. The van der Waals surface area contributed by atoms with Gasteiger partial charge in [0.15, 0.2) is 0 Å². The number of hydrogen-bond acceptors (Lipinski definition) is 3. The molecule has 21 heavy (non-hydrogen) atoms. The Kier molecular flexibility index (Phi) is 8.76.